The molecule has 2 heterocycles. The van der Waals surface area contributed by atoms with Crippen molar-refractivity contribution in [2.75, 3.05) is 33.2 Å². The van der Waals surface area contributed by atoms with E-state index >= 15 is 0 Å². The maximum Gasteiger partial charge on any atom is 0.132 e. The Balaban J connectivity index is 1.45. The first-order chi connectivity index (χ1) is 15.1. The Bertz CT molecular complexity index is 977. The van der Waals surface area contributed by atoms with E-state index in [1.54, 1.807) is 0 Å². The fraction of sp³-hybridized carbons (Fsp3) is 0.481. The van der Waals surface area contributed by atoms with Crippen LogP contribution in [-0.2, 0) is 4.79 Å². The summed E-state index contributed by atoms with van der Waals surface area (Å²) in [6, 6.07) is 15.7. The van der Waals surface area contributed by atoms with Crippen molar-refractivity contribution < 1.29 is 4.79 Å². The van der Waals surface area contributed by atoms with E-state index in [0.29, 0.717) is 24.7 Å². The minimum atomic E-state index is 0.378. The van der Waals surface area contributed by atoms with Crippen LogP contribution in [0.3, 0.4) is 0 Å². The number of carbonyl (C=O) groups excluding carboxylic acids is 1. The summed E-state index contributed by atoms with van der Waals surface area (Å²) in [5, 5.41) is 2.58. The topological polar surface area (TPSA) is 35.9 Å². The minimum Gasteiger partial charge on any atom is -0.300 e. The standard InChI is InChI=1S/C27H35N3O/c1-3-25(31)11-7-15-30-17-16-29(2)27(20-30)26-12-6-10-24(19-28-26)23-14-13-21-8-4-5-9-22(21)18-23/h4-5,8-9,13-14,18-19,27H,3,6-7,10-12,15-17,20H2,1-2H3. The molecule has 0 aliphatic carbocycles. The van der Waals surface area contributed by atoms with Crippen LogP contribution in [0.1, 0.15) is 51.0 Å². The van der Waals surface area contributed by atoms with Gasteiger partial charge in [-0.15, -0.1) is 0 Å². The first-order valence-electron chi connectivity index (χ1n) is 11.8. The highest BCUT2D eigenvalue weighted by Crippen LogP contribution is 2.28. The van der Waals surface area contributed by atoms with Gasteiger partial charge in [-0.05, 0) is 67.3 Å². The van der Waals surface area contributed by atoms with Crippen LogP contribution >= 0.6 is 0 Å². The average molecular weight is 418 g/mol. The highest BCUT2D eigenvalue weighted by molar-refractivity contribution is 5.92. The van der Waals surface area contributed by atoms with Crippen LogP contribution < -0.4 is 0 Å². The van der Waals surface area contributed by atoms with Gasteiger partial charge in [0.1, 0.15) is 5.78 Å². The van der Waals surface area contributed by atoms with E-state index in [2.05, 4.69) is 65.5 Å². The van der Waals surface area contributed by atoms with E-state index in [0.717, 1.165) is 51.9 Å². The number of hydrogen-bond donors (Lipinski definition) is 0. The Morgan fingerprint density at radius 3 is 2.77 bits per heavy atom. The number of ketones is 1. The van der Waals surface area contributed by atoms with Crippen LogP contribution in [0.15, 0.2) is 53.7 Å². The molecule has 2 aromatic rings. The van der Waals surface area contributed by atoms with Crippen LogP contribution in [0.5, 0.6) is 0 Å². The number of piperazine rings is 1. The van der Waals surface area contributed by atoms with Gasteiger partial charge >= 0.3 is 0 Å². The van der Waals surface area contributed by atoms with Crippen molar-refractivity contribution in [3.05, 3.63) is 54.2 Å². The zero-order valence-corrected chi connectivity index (χ0v) is 19.0. The van der Waals surface area contributed by atoms with Crippen molar-refractivity contribution in [1.29, 1.82) is 0 Å². The van der Waals surface area contributed by atoms with Gasteiger partial charge in [-0.2, -0.15) is 0 Å². The summed E-state index contributed by atoms with van der Waals surface area (Å²) in [5.41, 5.74) is 3.95. The molecule has 0 amide bonds. The molecule has 1 fully saturated rings. The van der Waals surface area contributed by atoms with E-state index in [1.165, 1.54) is 27.6 Å². The molecule has 0 spiro atoms. The van der Waals surface area contributed by atoms with Gasteiger partial charge in [-0.1, -0.05) is 43.3 Å². The normalized spacial score (nSPS) is 20.9. The predicted molar refractivity (Wildman–Crippen MR) is 131 cm³/mol. The van der Waals surface area contributed by atoms with Crippen LogP contribution in [-0.4, -0.2) is 60.6 Å². The van der Waals surface area contributed by atoms with Crippen molar-refractivity contribution in [3.63, 3.8) is 0 Å². The van der Waals surface area contributed by atoms with E-state index in [1.807, 2.05) is 6.92 Å². The van der Waals surface area contributed by atoms with Crippen LogP contribution in [0, 0.1) is 0 Å². The lowest BCUT2D eigenvalue weighted by Crippen LogP contribution is -2.54. The number of rotatable bonds is 7. The number of hydrogen-bond acceptors (Lipinski definition) is 4. The molecule has 0 bridgehead atoms. The summed E-state index contributed by atoms with van der Waals surface area (Å²) in [7, 11) is 2.23. The van der Waals surface area contributed by atoms with Gasteiger partial charge in [0.2, 0.25) is 0 Å². The number of aliphatic imine (C=N–C) groups is 1. The molecule has 4 heteroatoms. The van der Waals surface area contributed by atoms with Crippen molar-refractivity contribution in [2.45, 2.75) is 51.5 Å². The number of likely N-dealkylation sites (N-methyl/N-ethyl adjacent to an activating group) is 1. The van der Waals surface area contributed by atoms with Gasteiger partial charge in [0.15, 0.2) is 0 Å². The molecule has 2 aromatic carbocycles. The second kappa shape index (κ2) is 10.3. The molecular weight excluding hydrogens is 382 g/mol. The SMILES string of the molecule is CCC(=O)CCCN1CCN(C)C(C2=NC=C(c3ccc4ccccc4c3)CCC2)C1. The third-order valence-electron chi connectivity index (χ3n) is 6.83. The molecule has 0 radical (unpaired) electrons. The van der Waals surface area contributed by atoms with Crippen LogP contribution in [0.4, 0.5) is 0 Å². The number of allylic oxidation sites excluding steroid dienone is 1. The Hall–Kier alpha value is -2.30. The molecule has 164 valence electrons. The highest BCUT2D eigenvalue weighted by Gasteiger charge is 2.28. The molecule has 4 nitrogen and oxygen atoms in total. The van der Waals surface area contributed by atoms with Gasteiger partial charge in [-0.3, -0.25) is 14.7 Å². The number of carbonyl (C=O) groups is 1. The lowest BCUT2D eigenvalue weighted by atomic mass is 9.97. The summed E-state index contributed by atoms with van der Waals surface area (Å²) in [6.45, 7) is 6.14. The van der Waals surface area contributed by atoms with E-state index in [4.69, 9.17) is 4.99 Å². The molecule has 0 saturated carbocycles. The molecule has 1 saturated heterocycles. The summed E-state index contributed by atoms with van der Waals surface area (Å²) in [5.74, 6) is 0.380. The van der Waals surface area contributed by atoms with Gasteiger partial charge < -0.3 is 4.90 Å². The number of benzene rings is 2. The van der Waals surface area contributed by atoms with Gasteiger partial charge in [0.25, 0.3) is 0 Å². The van der Waals surface area contributed by atoms with Gasteiger partial charge in [0.05, 0.1) is 6.04 Å². The van der Waals surface area contributed by atoms with Crippen molar-refractivity contribution in [2.24, 2.45) is 4.99 Å². The second-order valence-electron chi connectivity index (χ2n) is 8.98. The molecule has 1 unspecified atom stereocenters. The molecule has 31 heavy (non-hydrogen) atoms. The molecule has 2 aliphatic rings. The molecule has 0 N–H and O–H groups in total. The first kappa shape index (κ1) is 21.9. The van der Waals surface area contributed by atoms with Crippen molar-refractivity contribution >= 4 is 27.8 Å². The van der Waals surface area contributed by atoms with E-state index in [9.17, 15) is 4.79 Å². The molecule has 1 atom stereocenters. The number of Topliss-reactive ketones (excluding diaryl/α,β-unsaturated/α-hetero) is 1. The Morgan fingerprint density at radius 2 is 1.94 bits per heavy atom. The minimum absolute atomic E-state index is 0.378. The highest BCUT2D eigenvalue weighted by atomic mass is 16.1. The second-order valence-corrected chi connectivity index (χ2v) is 8.98. The van der Waals surface area contributed by atoms with Crippen LogP contribution in [0.25, 0.3) is 16.3 Å². The quantitative estimate of drug-likeness (QED) is 0.623. The van der Waals surface area contributed by atoms with Crippen molar-refractivity contribution in [1.82, 2.24) is 9.80 Å². The molecule has 0 aromatic heterocycles. The summed E-state index contributed by atoms with van der Waals surface area (Å²) in [4.78, 5) is 21.6. The van der Waals surface area contributed by atoms with E-state index in [-0.39, 0.29) is 0 Å². The average Bonchev–Trinajstić information content (AvgIpc) is 3.06. The smallest absolute Gasteiger partial charge is 0.132 e. The fourth-order valence-corrected chi connectivity index (χ4v) is 4.78. The Kier molecular flexibility index (Phi) is 7.31. The maximum absolute atomic E-state index is 11.6. The van der Waals surface area contributed by atoms with Gasteiger partial charge in [-0.25, -0.2) is 0 Å². The van der Waals surface area contributed by atoms with Crippen molar-refractivity contribution in [3.8, 4) is 0 Å². The summed E-state index contributed by atoms with van der Waals surface area (Å²) < 4.78 is 0. The van der Waals surface area contributed by atoms with Crippen LogP contribution in [0.2, 0.25) is 0 Å². The molecule has 4 rings (SSSR count). The Labute approximate surface area is 186 Å². The third-order valence-corrected chi connectivity index (χ3v) is 6.83. The zero-order chi connectivity index (χ0) is 21.6. The number of fused-ring (bicyclic) bond motifs is 1. The fourth-order valence-electron chi connectivity index (χ4n) is 4.78. The largest absolute Gasteiger partial charge is 0.300 e. The first-order valence-corrected chi connectivity index (χ1v) is 11.8. The lowest BCUT2D eigenvalue weighted by molar-refractivity contribution is -0.118. The van der Waals surface area contributed by atoms with E-state index < -0.39 is 0 Å². The molecular formula is C27H35N3O. The van der Waals surface area contributed by atoms with Gasteiger partial charge in [0, 0.05) is 44.4 Å². The molecule has 2 aliphatic heterocycles. The summed E-state index contributed by atoms with van der Waals surface area (Å²) >= 11 is 0. The maximum atomic E-state index is 11.6. The predicted octanol–water partition coefficient (Wildman–Crippen LogP) is 5.18. The third kappa shape index (κ3) is 5.50. The zero-order valence-electron chi connectivity index (χ0n) is 19.0. The number of nitrogens with zero attached hydrogens (tertiary/aromatic N) is 3. The lowest BCUT2D eigenvalue weighted by Gasteiger charge is -2.40. The monoisotopic (exact) mass is 417 g/mol. The summed E-state index contributed by atoms with van der Waals surface area (Å²) in [6.07, 6.45) is 7.75. The Morgan fingerprint density at radius 1 is 1.10 bits per heavy atom.